The molecule has 3 rings (SSSR count). The largest absolute Gasteiger partial charge is 0.305 e. The van der Waals surface area contributed by atoms with Crippen LogP contribution in [-0.2, 0) is 0 Å². The number of hydrogen-bond acceptors (Lipinski definition) is 6. The number of rotatable bonds is 3. The van der Waals surface area contributed by atoms with Gasteiger partial charge in [0.2, 0.25) is 0 Å². The van der Waals surface area contributed by atoms with Gasteiger partial charge < -0.3 is 5.32 Å². The maximum absolute atomic E-state index is 12.2. The van der Waals surface area contributed by atoms with Crippen molar-refractivity contribution in [2.24, 2.45) is 0 Å². The fourth-order valence-corrected chi connectivity index (χ4v) is 2.76. The molecular formula is C13H7ClN4O3S. The Kier molecular flexibility index (Phi) is 3.70. The molecule has 0 bridgehead atoms. The second-order valence-electron chi connectivity index (χ2n) is 4.28. The van der Waals surface area contributed by atoms with Gasteiger partial charge in [0.1, 0.15) is 0 Å². The summed E-state index contributed by atoms with van der Waals surface area (Å²) in [6.45, 7) is 0. The van der Waals surface area contributed by atoms with Gasteiger partial charge in [-0.05, 0) is 23.7 Å². The summed E-state index contributed by atoms with van der Waals surface area (Å²) in [5.41, 5.74) is 0.137. The van der Waals surface area contributed by atoms with Crippen LogP contribution >= 0.6 is 23.1 Å². The van der Waals surface area contributed by atoms with Crippen LogP contribution in [0.25, 0.3) is 10.1 Å². The Labute approximate surface area is 132 Å². The highest BCUT2D eigenvalue weighted by Gasteiger charge is 2.16. The van der Waals surface area contributed by atoms with Crippen LogP contribution in [0.3, 0.4) is 0 Å². The van der Waals surface area contributed by atoms with Crippen LogP contribution < -0.4 is 5.32 Å². The SMILES string of the molecule is O=C(Nc1nsc2ccc([N+](=O)[O-])cc12)c1cnccc1Cl. The Morgan fingerprint density at radius 3 is 2.91 bits per heavy atom. The van der Waals surface area contributed by atoms with Gasteiger partial charge in [0.25, 0.3) is 11.6 Å². The minimum Gasteiger partial charge on any atom is -0.305 e. The molecule has 9 heteroatoms. The van der Waals surface area contributed by atoms with E-state index in [1.165, 1.54) is 30.6 Å². The highest BCUT2D eigenvalue weighted by molar-refractivity contribution is 7.13. The number of halogens is 1. The zero-order chi connectivity index (χ0) is 15.7. The molecule has 22 heavy (non-hydrogen) atoms. The molecule has 0 spiro atoms. The number of fused-ring (bicyclic) bond motifs is 1. The molecule has 0 saturated carbocycles. The second-order valence-corrected chi connectivity index (χ2v) is 5.49. The Hall–Kier alpha value is -2.58. The molecule has 1 aromatic carbocycles. The van der Waals surface area contributed by atoms with Gasteiger partial charge in [-0.25, -0.2) is 0 Å². The van der Waals surface area contributed by atoms with Crippen molar-refractivity contribution in [2.75, 3.05) is 5.32 Å². The summed E-state index contributed by atoms with van der Waals surface area (Å²) in [6.07, 6.45) is 2.81. The fourth-order valence-electron chi connectivity index (χ4n) is 1.85. The van der Waals surface area contributed by atoms with Crippen LogP contribution in [0.1, 0.15) is 10.4 Å². The molecule has 0 atom stereocenters. The van der Waals surface area contributed by atoms with E-state index in [2.05, 4.69) is 14.7 Å². The van der Waals surface area contributed by atoms with Crippen molar-refractivity contribution in [1.29, 1.82) is 0 Å². The van der Waals surface area contributed by atoms with Crippen molar-refractivity contribution in [3.8, 4) is 0 Å². The summed E-state index contributed by atoms with van der Waals surface area (Å²) in [6, 6.07) is 5.86. The van der Waals surface area contributed by atoms with Crippen LogP contribution in [0.4, 0.5) is 11.5 Å². The van der Waals surface area contributed by atoms with E-state index in [1.807, 2.05) is 0 Å². The van der Waals surface area contributed by atoms with Crippen molar-refractivity contribution in [2.45, 2.75) is 0 Å². The highest BCUT2D eigenvalue weighted by Crippen LogP contribution is 2.30. The molecule has 0 saturated heterocycles. The molecule has 3 aromatic rings. The number of carbonyl (C=O) groups excluding carboxylic acids is 1. The number of nitrogens with one attached hydrogen (secondary N) is 1. The lowest BCUT2D eigenvalue weighted by Gasteiger charge is -2.04. The van der Waals surface area contributed by atoms with Gasteiger partial charge >= 0.3 is 0 Å². The van der Waals surface area contributed by atoms with Crippen molar-refractivity contribution in [1.82, 2.24) is 9.36 Å². The van der Waals surface area contributed by atoms with E-state index in [0.717, 1.165) is 16.2 Å². The van der Waals surface area contributed by atoms with E-state index in [-0.39, 0.29) is 22.1 Å². The molecule has 110 valence electrons. The zero-order valence-corrected chi connectivity index (χ0v) is 12.4. The monoisotopic (exact) mass is 334 g/mol. The third-order valence-corrected chi connectivity index (χ3v) is 4.06. The second kappa shape index (κ2) is 5.66. The van der Waals surface area contributed by atoms with Crippen molar-refractivity contribution >= 4 is 50.6 Å². The lowest BCUT2D eigenvalue weighted by atomic mass is 10.2. The number of non-ortho nitro benzene ring substituents is 1. The Morgan fingerprint density at radius 2 is 2.18 bits per heavy atom. The third-order valence-electron chi connectivity index (χ3n) is 2.91. The van der Waals surface area contributed by atoms with Crippen LogP contribution in [0.2, 0.25) is 5.02 Å². The van der Waals surface area contributed by atoms with E-state index in [0.29, 0.717) is 5.39 Å². The molecule has 0 aliphatic carbocycles. The lowest BCUT2D eigenvalue weighted by molar-refractivity contribution is -0.384. The Bertz CT molecular complexity index is 896. The van der Waals surface area contributed by atoms with Gasteiger partial charge in [0.15, 0.2) is 5.82 Å². The molecule has 2 aromatic heterocycles. The van der Waals surface area contributed by atoms with E-state index in [1.54, 1.807) is 6.07 Å². The van der Waals surface area contributed by atoms with E-state index < -0.39 is 10.8 Å². The summed E-state index contributed by atoms with van der Waals surface area (Å²) in [5, 5.41) is 14.2. The molecule has 0 unspecified atom stereocenters. The van der Waals surface area contributed by atoms with Crippen molar-refractivity contribution in [3.05, 3.63) is 57.4 Å². The summed E-state index contributed by atoms with van der Waals surface area (Å²) < 4.78 is 4.85. The van der Waals surface area contributed by atoms with Crippen molar-refractivity contribution in [3.63, 3.8) is 0 Å². The van der Waals surface area contributed by atoms with Crippen LogP contribution in [0.15, 0.2) is 36.7 Å². The minimum absolute atomic E-state index is 0.0670. The Morgan fingerprint density at radius 1 is 1.36 bits per heavy atom. The van der Waals surface area contributed by atoms with E-state index >= 15 is 0 Å². The summed E-state index contributed by atoms with van der Waals surface area (Å²) in [7, 11) is 0. The normalized spacial score (nSPS) is 10.6. The number of hydrogen-bond donors (Lipinski definition) is 1. The average Bonchev–Trinajstić information content (AvgIpc) is 2.90. The summed E-state index contributed by atoms with van der Waals surface area (Å²) in [5.74, 6) is -0.217. The van der Waals surface area contributed by atoms with Crippen molar-refractivity contribution < 1.29 is 9.72 Å². The molecule has 7 nitrogen and oxygen atoms in total. The minimum atomic E-state index is -0.499. The number of pyridine rings is 1. The topological polar surface area (TPSA) is 98.0 Å². The number of anilines is 1. The average molecular weight is 335 g/mol. The van der Waals surface area contributed by atoms with E-state index in [4.69, 9.17) is 11.6 Å². The van der Waals surface area contributed by atoms with Gasteiger partial charge in [-0.15, -0.1) is 0 Å². The first-order chi connectivity index (χ1) is 10.6. The fraction of sp³-hybridized carbons (Fsp3) is 0. The number of aromatic nitrogens is 2. The number of nitro benzene ring substituents is 1. The summed E-state index contributed by atoms with van der Waals surface area (Å²) >= 11 is 7.08. The first-order valence-corrected chi connectivity index (χ1v) is 7.16. The molecule has 1 N–H and O–H groups in total. The molecule has 0 radical (unpaired) electrons. The maximum atomic E-state index is 12.2. The predicted molar refractivity (Wildman–Crippen MR) is 83.5 cm³/mol. The molecule has 0 fully saturated rings. The van der Waals surface area contributed by atoms with E-state index in [9.17, 15) is 14.9 Å². The molecule has 1 amide bonds. The van der Waals surface area contributed by atoms with Gasteiger partial charge in [0, 0.05) is 29.9 Å². The zero-order valence-electron chi connectivity index (χ0n) is 10.8. The number of amides is 1. The highest BCUT2D eigenvalue weighted by atomic mass is 35.5. The van der Waals surface area contributed by atoms with Crippen LogP contribution in [0, 0.1) is 10.1 Å². The first-order valence-electron chi connectivity index (χ1n) is 6.01. The van der Waals surface area contributed by atoms with Crippen LogP contribution in [0.5, 0.6) is 0 Å². The molecule has 2 heterocycles. The van der Waals surface area contributed by atoms with Gasteiger partial charge in [-0.1, -0.05) is 11.6 Å². The number of benzene rings is 1. The summed E-state index contributed by atoms with van der Waals surface area (Å²) in [4.78, 5) is 26.4. The number of nitro groups is 1. The third kappa shape index (κ3) is 2.61. The molecular weight excluding hydrogens is 328 g/mol. The molecule has 0 aliphatic rings. The smallest absolute Gasteiger partial charge is 0.270 e. The van der Waals surface area contributed by atoms with Crippen LogP contribution in [-0.4, -0.2) is 20.2 Å². The van der Waals surface area contributed by atoms with Gasteiger partial charge in [0.05, 0.1) is 20.2 Å². The quantitative estimate of drug-likeness (QED) is 0.583. The predicted octanol–water partition coefficient (Wildman–Crippen LogP) is 3.51. The van der Waals surface area contributed by atoms with Gasteiger partial charge in [-0.2, -0.15) is 4.37 Å². The lowest BCUT2D eigenvalue weighted by Crippen LogP contribution is -2.13. The number of nitrogens with zero attached hydrogens (tertiary/aromatic N) is 3. The Balaban J connectivity index is 1.97. The first kappa shape index (κ1) is 14.4. The maximum Gasteiger partial charge on any atom is 0.270 e. The standard InChI is InChI=1S/C13H7ClN4O3S/c14-10-3-4-15-6-9(10)13(19)16-12-8-5-7(18(20)21)1-2-11(8)22-17-12/h1-6H,(H,16,17,19). The number of carbonyl (C=O) groups is 1. The molecule has 0 aliphatic heterocycles. The van der Waals surface area contributed by atoms with Gasteiger partial charge in [-0.3, -0.25) is 19.9 Å².